The summed E-state index contributed by atoms with van der Waals surface area (Å²) in [6.45, 7) is 0. The molecule has 8 aromatic carbocycles. The Morgan fingerprint density at radius 2 is 0.883 bits per heavy atom. The van der Waals surface area contributed by atoms with Gasteiger partial charge in [0.15, 0.2) is 5.82 Å². The number of pyridine rings is 1. The van der Waals surface area contributed by atoms with Gasteiger partial charge in [-0.1, -0.05) is 133 Å². The molecule has 60 heavy (non-hydrogen) atoms. The van der Waals surface area contributed by atoms with E-state index in [2.05, 4.69) is 196 Å². The minimum absolute atomic E-state index is 0.890. The molecule has 0 saturated carbocycles. The summed E-state index contributed by atoms with van der Waals surface area (Å²) in [5.41, 5.74) is 17.5. The zero-order valence-corrected chi connectivity index (χ0v) is 32.9. The average molecular weight is 782 g/mol. The van der Waals surface area contributed by atoms with Crippen LogP contribution in [0.4, 0.5) is 0 Å². The number of para-hydroxylation sites is 4. The van der Waals surface area contributed by atoms with Gasteiger partial charge in [0.2, 0.25) is 5.78 Å². The molecular formula is C54H31N5S. The number of rotatable bonds is 2. The Labute approximate surface area is 347 Å². The highest BCUT2D eigenvalue weighted by Crippen LogP contribution is 2.49. The molecule has 0 amide bonds. The first-order chi connectivity index (χ1) is 29.8. The number of hydrogen-bond donors (Lipinski definition) is 0. The fourth-order valence-electron chi connectivity index (χ4n) is 10.2. The van der Waals surface area contributed by atoms with Crippen molar-refractivity contribution in [1.29, 1.82) is 0 Å². The van der Waals surface area contributed by atoms with Crippen molar-refractivity contribution in [2.75, 3.05) is 0 Å². The molecule has 5 nitrogen and oxygen atoms in total. The Balaban J connectivity index is 1.04. The summed E-state index contributed by atoms with van der Waals surface area (Å²) in [6, 6.07) is 66.1. The van der Waals surface area contributed by atoms with E-state index >= 15 is 0 Å². The molecular weight excluding hydrogens is 751 g/mol. The van der Waals surface area contributed by atoms with Crippen LogP contribution in [0.1, 0.15) is 0 Å². The van der Waals surface area contributed by atoms with E-state index in [0.29, 0.717) is 0 Å². The van der Waals surface area contributed by atoms with Gasteiger partial charge in [0, 0.05) is 33.4 Å². The van der Waals surface area contributed by atoms with E-state index in [9.17, 15) is 0 Å². The third-order valence-corrected chi connectivity index (χ3v) is 13.9. The van der Waals surface area contributed by atoms with Gasteiger partial charge in [-0.05, 0) is 93.0 Å². The van der Waals surface area contributed by atoms with Crippen LogP contribution in [0.2, 0.25) is 0 Å². The summed E-state index contributed by atoms with van der Waals surface area (Å²) in [5.74, 6) is 1.84. The fourth-order valence-corrected chi connectivity index (χ4v) is 11.4. The lowest BCUT2D eigenvalue weighted by Gasteiger charge is -2.23. The Kier molecular flexibility index (Phi) is 6.38. The number of hydrogen-bond acceptors (Lipinski definition) is 3. The molecule has 6 heteroatoms. The zero-order valence-electron chi connectivity index (χ0n) is 32.0. The van der Waals surface area contributed by atoms with Gasteiger partial charge in [-0.25, -0.2) is 9.97 Å². The van der Waals surface area contributed by atoms with Crippen molar-refractivity contribution in [3.63, 3.8) is 0 Å². The minimum Gasteiger partial charge on any atom is -0.293 e. The molecule has 0 unspecified atom stereocenters. The summed E-state index contributed by atoms with van der Waals surface area (Å²) in [5, 5.41) is 4.84. The van der Waals surface area contributed by atoms with Crippen molar-refractivity contribution in [2.24, 2.45) is 0 Å². The van der Waals surface area contributed by atoms with Crippen molar-refractivity contribution < 1.29 is 0 Å². The number of imidazole rings is 2. The molecule has 13 aromatic rings. The smallest absolute Gasteiger partial charge is 0.220 e. The molecule has 0 spiro atoms. The number of thiophene rings is 1. The van der Waals surface area contributed by atoms with E-state index in [0.717, 1.165) is 55.1 Å². The van der Waals surface area contributed by atoms with Gasteiger partial charge in [-0.15, -0.1) is 11.3 Å². The molecule has 0 fully saturated rings. The van der Waals surface area contributed by atoms with Crippen molar-refractivity contribution in [3.8, 4) is 56.0 Å². The van der Waals surface area contributed by atoms with Crippen molar-refractivity contribution >= 4 is 81.2 Å². The topological polar surface area (TPSA) is 40.0 Å². The van der Waals surface area contributed by atoms with Crippen LogP contribution in [0.25, 0.3) is 126 Å². The fraction of sp³-hybridized carbons (Fsp3) is 0. The van der Waals surface area contributed by atoms with Gasteiger partial charge >= 0.3 is 0 Å². The molecule has 5 aromatic heterocycles. The maximum absolute atomic E-state index is 5.61. The van der Waals surface area contributed by atoms with E-state index in [1.165, 1.54) is 70.8 Å². The summed E-state index contributed by atoms with van der Waals surface area (Å²) >= 11 is 1.79. The highest BCUT2D eigenvalue weighted by atomic mass is 32.1. The Bertz CT molecular complexity index is 3910. The second-order valence-electron chi connectivity index (χ2n) is 15.7. The molecule has 5 heterocycles. The standard InChI is InChI=1S/C54H31N5S/c1-2-14-34-33(13-1)35-15-3-4-17-37(35)39-26-25-32(31-44(39)38-18-6-5-16-36(34)38)57-47-23-11-12-24-48(47)59-49-28-27-42-43-29-30-55-53(52(43)60-51(42)50(49)56-54(57)59)58-45-21-9-7-19-40(45)41-20-8-10-22-46(41)58/h1-31H. The van der Waals surface area contributed by atoms with Gasteiger partial charge in [-0.3, -0.25) is 13.5 Å². The maximum Gasteiger partial charge on any atom is 0.220 e. The number of fused-ring (bicyclic) bond motifs is 20. The van der Waals surface area contributed by atoms with Gasteiger partial charge in [0.05, 0.1) is 37.0 Å². The van der Waals surface area contributed by atoms with Crippen LogP contribution < -0.4 is 0 Å². The normalized spacial score (nSPS) is 12.3. The van der Waals surface area contributed by atoms with Crippen LogP contribution >= 0.6 is 11.3 Å². The third kappa shape index (κ3) is 4.19. The number of nitrogens with zero attached hydrogens (tertiary/aromatic N) is 5. The van der Waals surface area contributed by atoms with Gasteiger partial charge in [-0.2, -0.15) is 0 Å². The van der Waals surface area contributed by atoms with Gasteiger partial charge in [0.1, 0.15) is 5.52 Å². The molecule has 0 radical (unpaired) electrons. The molecule has 0 saturated heterocycles. The van der Waals surface area contributed by atoms with E-state index in [1.54, 1.807) is 11.3 Å². The van der Waals surface area contributed by atoms with Gasteiger partial charge < -0.3 is 0 Å². The first-order valence-corrected chi connectivity index (χ1v) is 21.2. The summed E-state index contributed by atoms with van der Waals surface area (Å²) in [6.07, 6.45) is 1.96. The zero-order chi connectivity index (χ0) is 39.1. The molecule has 0 atom stereocenters. The lowest BCUT2D eigenvalue weighted by atomic mass is 9.81. The first kappa shape index (κ1) is 32.2. The van der Waals surface area contributed by atoms with Crippen molar-refractivity contribution in [1.82, 2.24) is 23.5 Å². The third-order valence-electron chi connectivity index (χ3n) is 12.7. The molecule has 1 aliphatic rings. The highest BCUT2D eigenvalue weighted by Gasteiger charge is 2.25. The van der Waals surface area contributed by atoms with Crippen molar-refractivity contribution in [2.45, 2.75) is 0 Å². The predicted octanol–water partition coefficient (Wildman–Crippen LogP) is 14.3. The SMILES string of the molecule is c1ccc2c(c1)-c1ccccc1-c1ccc(-n3c4ccccc4n4c5ccc6c7ccnc(-n8c9ccccc9c9ccccc98)c7sc6c5nc34)cc1-c1ccccc1-2. The maximum atomic E-state index is 5.61. The molecule has 14 rings (SSSR count). The Hall–Kier alpha value is -7.80. The van der Waals surface area contributed by atoms with Crippen molar-refractivity contribution in [3.05, 3.63) is 188 Å². The molecule has 0 bridgehead atoms. The Morgan fingerprint density at radius 1 is 0.367 bits per heavy atom. The van der Waals surface area contributed by atoms with E-state index in [1.807, 2.05) is 6.20 Å². The Morgan fingerprint density at radius 3 is 1.52 bits per heavy atom. The largest absolute Gasteiger partial charge is 0.293 e. The lowest BCUT2D eigenvalue weighted by Crippen LogP contribution is -2.00. The molecule has 1 aliphatic carbocycles. The van der Waals surface area contributed by atoms with Crippen LogP contribution in [0, 0.1) is 0 Å². The first-order valence-electron chi connectivity index (χ1n) is 20.3. The van der Waals surface area contributed by atoms with Crippen LogP contribution in [0.3, 0.4) is 0 Å². The van der Waals surface area contributed by atoms with Gasteiger partial charge in [0.25, 0.3) is 0 Å². The molecule has 0 aliphatic heterocycles. The average Bonchev–Trinajstić information content (AvgIpc) is 4.06. The predicted molar refractivity (Wildman–Crippen MR) is 250 cm³/mol. The quantitative estimate of drug-likeness (QED) is 0.175. The van der Waals surface area contributed by atoms with Crippen LogP contribution in [0.15, 0.2) is 188 Å². The minimum atomic E-state index is 0.890. The summed E-state index contributed by atoms with van der Waals surface area (Å²) in [4.78, 5) is 10.7. The second-order valence-corrected chi connectivity index (χ2v) is 16.8. The highest BCUT2D eigenvalue weighted by molar-refractivity contribution is 7.27. The summed E-state index contributed by atoms with van der Waals surface area (Å²) in [7, 11) is 0. The summed E-state index contributed by atoms with van der Waals surface area (Å²) < 4.78 is 9.34. The van der Waals surface area contributed by atoms with E-state index in [-0.39, 0.29) is 0 Å². The number of aromatic nitrogens is 5. The second kappa shape index (κ2) is 11.9. The van der Waals surface area contributed by atoms with Crippen LogP contribution in [-0.2, 0) is 0 Å². The van der Waals surface area contributed by atoms with E-state index in [4.69, 9.17) is 9.97 Å². The van der Waals surface area contributed by atoms with Crippen LogP contribution in [0.5, 0.6) is 0 Å². The van der Waals surface area contributed by atoms with Crippen LogP contribution in [-0.4, -0.2) is 23.5 Å². The monoisotopic (exact) mass is 781 g/mol. The lowest BCUT2D eigenvalue weighted by molar-refractivity contribution is 1.11. The number of benzene rings is 8. The molecule has 0 N–H and O–H groups in total. The molecule has 278 valence electrons. The van der Waals surface area contributed by atoms with E-state index < -0.39 is 0 Å².